The summed E-state index contributed by atoms with van der Waals surface area (Å²) in [5, 5.41) is 11.8. The summed E-state index contributed by atoms with van der Waals surface area (Å²) in [5.74, 6) is -1.53. The van der Waals surface area contributed by atoms with Gasteiger partial charge in [-0.15, -0.1) is 0 Å². The molecule has 0 bridgehead atoms. The van der Waals surface area contributed by atoms with Crippen molar-refractivity contribution in [2.45, 2.75) is 26.2 Å². The molecule has 2 atom stereocenters. The summed E-state index contributed by atoms with van der Waals surface area (Å²) in [6, 6.07) is 16.9. The fraction of sp³-hybridized carbons (Fsp3) is 0.263. The highest BCUT2D eigenvalue weighted by atomic mass is 16.4. The number of hydrogen-bond donors (Lipinski definition) is 2. The lowest BCUT2D eigenvalue weighted by molar-refractivity contribution is -0.141. The summed E-state index contributed by atoms with van der Waals surface area (Å²) in [6.07, 6.45) is 0.476. The van der Waals surface area contributed by atoms with Crippen LogP contribution < -0.4 is 5.32 Å². The van der Waals surface area contributed by atoms with Gasteiger partial charge in [0.05, 0.1) is 11.8 Å². The maximum atomic E-state index is 12.3. The average Bonchev–Trinajstić information content (AvgIpc) is 2.56. The lowest BCUT2D eigenvalue weighted by Gasteiger charge is -2.13. The molecule has 0 heterocycles. The summed E-state index contributed by atoms with van der Waals surface area (Å²) >= 11 is 0. The Labute approximate surface area is 136 Å². The molecule has 2 rings (SSSR count). The van der Waals surface area contributed by atoms with Crippen LogP contribution in [0, 0.1) is 5.92 Å². The van der Waals surface area contributed by atoms with Crippen molar-refractivity contribution >= 4 is 17.6 Å². The number of aliphatic carboxylic acids is 1. The van der Waals surface area contributed by atoms with Crippen molar-refractivity contribution in [2.24, 2.45) is 5.92 Å². The standard InChI is InChI=1S/C19H21NO3/c1-13(19(22)23)12-15-8-10-17(11-9-15)20-18(21)14(2)16-6-4-3-5-7-16/h3-11,13-14H,12H2,1-2H3,(H,20,21)(H,22,23)/t13?,14-/m0/s1. The molecule has 0 radical (unpaired) electrons. The van der Waals surface area contributed by atoms with Gasteiger partial charge in [-0.2, -0.15) is 0 Å². The molecule has 0 saturated heterocycles. The third-order valence-electron chi connectivity index (χ3n) is 3.88. The molecule has 2 N–H and O–H groups in total. The second kappa shape index (κ2) is 7.58. The van der Waals surface area contributed by atoms with Crippen molar-refractivity contribution in [1.29, 1.82) is 0 Å². The first-order chi connectivity index (χ1) is 11.0. The Hall–Kier alpha value is -2.62. The third-order valence-corrected chi connectivity index (χ3v) is 3.88. The van der Waals surface area contributed by atoms with Gasteiger partial charge in [0, 0.05) is 5.69 Å². The number of carboxylic acids is 1. The smallest absolute Gasteiger partial charge is 0.306 e. The molecular formula is C19H21NO3. The number of carbonyl (C=O) groups excluding carboxylic acids is 1. The zero-order valence-corrected chi connectivity index (χ0v) is 13.3. The fourth-order valence-electron chi connectivity index (χ4n) is 2.31. The van der Waals surface area contributed by atoms with Gasteiger partial charge < -0.3 is 10.4 Å². The van der Waals surface area contributed by atoms with Gasteiger partial charge in [-0.3, -0.25) is 9.59 Å². The highest BCUT2D eigenvalue weighted by Gasteiger charge is 2.15. The summed E-state index contributed by atoms with van der Waals surface area (Å²) in [6.45, 7) is 3.55. The number of anilines is 1. The van der Waals surface area contributed by atoms with E-state index >= 15 is 0 Å². The van der Waals surface area contributed by atoms with Crippen LogP contribution in [0.1, 0.15) is 30.9 Å². The minimum atomic E-state index is -0.806. The van der Waals surface area contributed by atoms with Crippen LogP contribution in [-0.4, -0.2) is 17.0 Å². The van der Waals surface area contributed by atoms with E-state index in [1.807, 2.05) is 49.4 Å². The number of hydrogen-bond acceptors (Lipinski definition) is 2. The van der Waals surface area contributed by atoms with E-state index < -0.39 is 11.9 Å². The predicted octanol–water partition coefficient (Wildman–Crippen LogP) is 3.69. The highest BCUT2D eigenvalue weighted by molar-refractivity contribution is 5.95. The molecule has 23 heavy (non-hydrogen) atoms. The quantitative estimate of drug-likeness (QED) is 0.855. The van der Waals surface area contributed by atoms with Crippen molar-refractivity contribution in [2.75, 3.05) is 5.32 Å². The van der Waals surface area contributed by atoms with Gasteiger partial charge in [0.25, 0.3) is 0 Å². The number of amides is 1. The molecule has 1 unspecified atom stereocenters. The molecule has 2 aromatic carbocycles. The Morgan fingerprint density at radius 2 is 1.61 bits per heavy atom. The van der Waals surface area contributed by atoms with Gasteiger partial charge >= 0.3 is 5.97 Å². The zero-order valence-electron chi connectivity index (χ0n) is 13.3. The molecule has 120 valence electrons. The fourth-order valence-corrected chi connectivity index (χ4v) is 2.31. The highest BCUT2D eigenvalue weighted by Crippen LogP contribution is 2.18. The number of rotatable bonds is 6. The summed E-state index contributed by atoms with van der Waals surface area (Å²) < 4.78 is 0. The minimum absolute atomic E-state index is 0.0668. The maximum absolute atomic E-state index is 12.3. The minimum Gasteiger partial charge on any atom is -0.481 e. The van der Waals surface area contributed by atoms with Gasteiger partial charge in [0.15, 0.2) is 0 Å². The van der Waals surface area contributed by atoms with E-state index in [-0.39, 0.29) is 11.8 Å². The van der Waals surface area contributed by atoms with Crippen LogP contribution in [0.15, 0.2) is 54.6 Å². The first-order valence-corrected chi connectivity index (χ1v) is 7.65. The van der Waals surface area contributed by atoms with E-state index in [4.69, 9.17) is 5.11 Å². The van der Waals surface area contributed by atoms with Crippen LogP contribution in [0.3, 0.4) is 0 Å². The largest absolute Gasteiger partial charge is 0.481 e. The second-order valence-corrected chi connectivity index (χ2v) is 5.76. The maximum Gasteiger partial charge on any atom is 0.306 e. The number of carbonyl (C=O) groups is 2. The van der Waals surface area contributed by atoms with E-state index in [2.05, 4.69) is 5.32 Å². The summed E-state index contributed by atoms with van der Waals surface area (Å²) in [7, 11) is 0. The number of nitrogens with one attached hydrogen (secondary N) is 1. The Morgan fingerprint density at radius 3 is 2.17 bits per heavy atom. The molecule has 0 fully saturated rings. The van der Waals surface area contributed by atoms with Crippen LogP contribution in [0.25, 0.3) is 0 Å². The average molecular weight is 311 g/mol. The molecule has 0 aliphatic carbocycles. The van der Waals surface area contributed by atoms with Crippen LogP contribution >= 0.6 is 0 Å². The van der Waals surface area contributed by atoms with Gasteiger partial charge in [-0.05, 0) is 36.6 Å². The van der Waals surface area contributed by atoms with E-state index in [9.17, 15) is 9.59 Å². The predicted molar refractivity (Wildman–Crippen MR) is 90.4 cm³/mol. The zero-order chi connectivity index (χ0) is 16.8. The van der Waals surface area contributed by atoms with Crippen molar-refractivity contribution < 1.29 is 14.7 Å². The van der Waals surface area contributed by atoms with Crippen molar-refractivity contribution in [3.8, 4) is 0 Å². The van der Waals surface area contributed by atoms with Gasteiger partial charge in [0.2, 0.25) is 5.91 Å². The molecule has 0 saturated carbocycles. The van der Waals surface area contributed by atoms with E-state index in [0.717, 1.165) is 11.1 Å². The van der Waals surface area contributed by atoms with Gasteiger partial charge in [0.1, 0.15) is 0 Å². The normalized spacial score (nSPS) is 13.1. The van der Waals surface area contributed by atoms with Crippen molar-refractivity contribution in [3.05, 3.63) is 65.7 Å². The molecule has 0 spiro atoms. The molecular weight excluding hydrogens is 290 g/mol. The Kier molecular flexibility index (Phi) is 5.52. The van der Waals surface area contributed by atoms with Gasteiger partial charge in [-0.25, -0.2) is 0 Å². The van der Waals surface area contributed by atoms with Crippen LogP contribution in [0.2, 0.25) is 0 Å². The summed E-state index contributed by atoms with van der Waals surface area (Å²) in [4.78, 5) is 23.1. The molecule has 0 aliphatic heterocycles. The van der Waals surface area contributed by atoms with Crippen LogP contribution in [0.5, 0.6) is 0 Å². The van der Waals surface area contributed by atoms with Crippen molar-refractivity contribution in [1.82, 2.24) is 0 Å². The van der Waals surface area contributed by atoms with E-state index in [0.29, 0.717) is 12.1 Å². The first-order valence-electron chi connectivity index (χ1n) is 7.65. The SMILES string of the molecule is CC(Cc1ccc(NC(=O)[C@@H](C)c2ccccc2)cc1)C(=O)O. The van der Waals surface area contributed by atoms with Crippen molar-refractivity contribution in [3.63, 3.8) is 0 Å². The Balaban J connectivity index is 1.98. The van der Waals surface area contributed by atoms with Gasteiger partial charge in [-0.1, -0.05) is 49.4 Å². The second-order valence-electron chi connectivity index (χ2n) is 5.76. The number of carboxylic acid groups (broad SMARTS) is 1. The molecule has 0 aliphatic rings. The number of benzene rings is 2. The summed E-state index contributed by atoms with van der Waals surface area (Å²) in [5.41, 5.74) is 2.62. The lowest BCUT2D eigenvalue weighted by atomic mass is 10.00. The molecule has 4 nitrogen and oxygen atoms in total. The van der Waals surface area contributed by atoms with E-state index in [1.165, 1.54) is 0 Å². The lowest BCUT2D eigenvalue weighted by Crippen LogP contribution is -2.18. The first kappa shape index (κ1) is 16.7. The van der Waals surface area contributed by atoms with E-state index in [1.54, 1.807) is 19.1 Å². The molecule has 1 amide bonds. The Morgan fingerprint density at radius 1 is 1.00 bits per heavy atom. The molecule has 0 aromatic heterocycles. The Bertz CT molecular complexity index is 665. The monoisotopic (exact) mass is 311 g/mol. The van der Waals surface area contributed by atoms with Crippen LogP contribution in [0.4, 0.5) is 5.69 Å². The van der Waals surface area contributed by atoms with Crippen LogP contribution in [-0.2, 0) is 16.0 Å². The molecule has 4 heteroatoms. The third kappa shape index (κ3) is 4.68. The topological polar surface area (TPSA) is 66.4 Å². The molecule has 2 aromatic rings.